The predicted octanol–water partition coefficient (Wildman–Crippen LogP) is 1.97. The van der Waals surface area contributed by atoms with Gasteiger partial charge in [0.05, 0.1) is 6.54 Å². The number of carbonyl (C=O) groups is 1. The van der Waals surface area contributed by atoms with Crippen LogP contribution >= 0.6 is 0 Å². The SMILES string of the molecule is Cc1nc(CN2CCN(C(=O)C3CC3c3cccc(F)c3)CC2)no1. The van der Waals surface area contributed by atoms with Gasteiger partial charge in [-0.05, 0) is 30.0 Å². The van der Waals surface area contributed by atoms with E-state index in [4.69, 9.17) is 4.52 Å². The molecule has 1 aromatic heterocycles. The number of rotatable bonds is 4. The molecule has 2 atom stereocenters. The molecule has 4 rings (SSSR count). The van der Waals surface area contributed by atoms with Crippen molar-refractivity contribution < 1.29 is 13.7 Å². The highest BCUT2D eigenvalue weighted by atomic mass is 19.1. The topological polar surface area (TPSA) is 62.5 Å². The fourth-order valence-corrected chi connectivity index (χ4v) is 3.54. The predicted molar refractivity (Wildman–Crippen MR) is 88.1 cm³/mol. The zero-order valence-corrected chi connectivity index (χ0v) is 14.2. The van der Waals surface area contributed by atoms with Crippen LogP contribution in [0.4, 0.5) is 4.39 Å². The van der Waals surface area contributed by atoms with Gasteiger partial charge >= 0.3 is 0 Å². The summed E-state index contributed by atoms with van der Waals surface area (Å²) in [7, 11) is 0. The summed E-state index contributed by atoms with van der Waals surface area (Å²) in [5, 5.41) is 3.91. The lowest BCUT2D eigenvalue weighted by Gasteiger charge is -2.34. The monoisotopic (exact) mass is 344 g/mol. The number of hydrogen-bond donors (Lipinski definition) is 0. The summed E-state index contributed by atoms with van der Waals surface area (Å²) in [5.74, 6) is 1.40. The lowest BCUT2D eigenvalue weighted by molar-refractivity contribution is -0.134. The number of aromatic nitrogens is 2. The Morgan fingerprint density at radius 2 is 2.12 bits per heavy atom. The molecule has 1 saturated heterocycles. The molecule has 2 aromatic rings. The van der Waals surface area contributed by atoms with E-state index in [-0.39, 0.29) is 23.6 Å². The summed E-state index contributed by atoms with van der Waals surface area (Å²) in [4.78, 5) is 21.0. The fraction of sp³-hybridized carbons (Fsp3) is 0.500. The lowest BCUT2D eigenvalue weighted by atomic mass is 10.1. The average Bonchev–Trinajstić information content (AvgIpc) is 3.31. The van der Waals surface area contributed by atoms with Gasteiger partial charge in [-0.3, -0.25) is 9.69 Å². The number of hydrogen-bond acceptors (Lipinski definition) is 5. The van der Waals surface area contributed by atoms with Crippen LogP contribution in [0.15, 0.2) is 28.8 Å². The second-order valence-corrected chi connectivity index (χ2v) is 6.83. The smallest absolute Gasteiger partial charge is 0.226 e. The minimum atomic E-state index is -0.235. The minimum absolute atomic E-state index is 0.00760. The maximum absolute atomic E-state index is 13.3. The lowest BCUT2D eigenvalue weighted by Crippen LogP contribution is -2.49. The Morgan fingerprint density at radius 1 is 1.32 bits per heavy atom. The molecule has 1 saturated carbocycles. The molecule has 1 aliphatic carbocycles. The van der Waals surface area contributed by atoms with E-state index < -0.39 is 0 Å². The van der Waals surface area contributed by atoms with Gasteiger partial charge in [0.15, 0.2) is 5.82 Å². The largest absolute Gasteiger partial charge is 0.340 e. The average molecular weight is 344 g/mol. The van der Waals surface area contributed by atoms with Gasteiger partial charge in [-0.1, -0.05) is 17.3 Å². The molecule has 2 fully saturated rings. The van der Waals surface area contributed by atoms with Crippen LogP contribution in [-0.4, -0.2) is 52.0 Å². The van der Waals surface area contributed by atoms with E-state index in [1.807, 2.05) is 11.0 Å². The number of piperazine rings is 1. The van der Waals surface area contributed by atoms with Crippen molar-refractivity contribution in [3.63, 3.8) is 0 Å². The van der Waals surface area contributed by atoms with Gasteiger partial charge in [0.2, 0.25) is 11.8 Å². The Hall–Kier alpha value is -2.28. The summed E-state index contributed by atoms with van der Waals surface area (Å²) in [5.41, 5.74) is 0.935. The zero-order valence-electron chi connectivity index (χ0n) is 14.2. The molecule has 0 bridgehead atoms. The van der Waals surface area contributed by atoms with Gasteiger partial charge in [-0.2, -0.15) is 4.98 Å². The molecule has 2 aliphatic rings. The number of carbonyl (C=O) groups excluding carboxylic acids is 1. The molecule has 7 heteroatoms. The zero-order chi connectivity index (χ0) is 17.4. The molecule has 2 unspecified atom stereocenters. The second kappa shape index (κ2) is 6.55. The molecule has 132 valence electrons. The first-order chi connectivity index (χ1) is 12.1. The van der Waals surface area contributed by atoms with Gasteiger partial charge in [0, 0.05) is 39.0 Å². The van der Waals surface area contributed by atoms with E-state index in [2.05, 4.69) is 15.0 Å². The molecule has 6 nitrogen and oxygen atoms in total. The highest BCUT2D eigenvalue weighted by Gasteiger charge is 2.46. The third-order valence-electron chi connectivity index (χ3n) is 5.00. The fourth-order valence-electron chi connectivity index (χ4n) is 3.54. The number of benzene rings is 1. The number of nitrogens with zero attached hydrogens (tertiary/aromatic N) is 4. The van der Waals surface area contributed by atoms with Crippen molar-refractivity contribution in [3.8, 4) is 0 Å². The summed E-state index contributed by atoms with van der Waals surface area (Å²) >= 11 is 0. The van der Waals surface area contributed by atoms with Crippen LogP contribution in [0.3, 0.4) is 0 Å². The Labute approximate surface area is 145 Å². The van der Waals surface area contributed by atoms with Crippen molar-refractivity contribution in [1.29, 1.82) is 0 Å². The van der Waals surface area contributed by atoms with Crippen LogP contribution in [0.25, 0.3) is 0 Å². The summed E-state index contributed by atoms with van der Waals surface area (Å²) in [6, 6.07) is 6.60. The molecule has 2 heterocycles. The van der Waals surface area contributed by atoms with E-state index in [0.717, 1.165) is 25.1 Å². The Morgan fingerprint density at radius 3 is 2.80 bits per heavy atom. The van der Waals surface area contributed by atoms with Crippen LogP contribution in [0, 0.1) is 18.7 Å². The first-order valence-electron chi connectivity index (χ1n) is 8.66. The van der Waals surface area contributed by atoms with Crippen LogP contribution in [0.2, 0.25) is 0 Å². The Kier molecular flexibility index (Phi) is 4.25. The molecule has 1 amide bonds. The van der Waals surface area contributed by atoms with Crippen LogP contribution in [0.1, 0.15) is 29.6 Å². The van der Waals surface area contributed by atoms with Gasteiger partial charge < -0.3 is 9.42 Å². The van der Waals surface area contributed by atoms with E-state index in [0.29, 0.717) is 31.3 Å². The van der Waals surface area contributed by atoms with Crippen molar-refractivity contribution in [2.45, 2.75) is 25.8 Å². The first kappa shape index (κ1) is 16.2. The molecular formula is C18H21FN4O2. The Balaban J connectivity index is 1.29. The number of halogens is 1. The maximum Gasteiger partial charge on any atom is 0.226 e. The van der Waals surface area contributed by atoms with Crippen molar-refractivity contribution in [1.82, 2.24) is 19.9 Å². The summed E-state index contributed by atoms with van der Waals surface area (Å²) in [6.45, 7) is 5.45. The third-order valence-corrected chi connectivity index (χ3v) is 5.00. The summed E-state index contributed by atoms with van der Waals surface area (Å²) < 4.78 is 18.3. The first-order valence-corrected chi connectivity index (χ1v) is 8.66. The van der Waals surface area contributed by atoms with Gasteiger partial charge in [0.1, 0.15) is 5.82 Å². The van der Waals surface area contributed by atoms with Crippen LogP contribution < -0.4 is 0 Å². The number of aryl methyl sites for hydroxylation is 1. The molecule has 25 heavy (non-hydrogen) atoms. The van der Waals surface area contributed by atoms with Crippen molar-refractivity contribution >= 4 is 5.91 Å². The van der Waals surface area contributed by atoms with Gasteiger partial charge in [-0.25, -0.2) is 4.39 Å². The standard InChI is InChI=1S/C18H21FN4O2/c1-12-20-17(21-25-12)11-22-5-7-23(8-6-22)18(24)16-10-15(16)13-3-2-4-14(19)9-13/h2-4,9,15-16H,5-8,10-11H2,1H3. The highest BCUT2D eigenvalue weighted by molar-refractivity contribution is 5.83. The van der Waals surface area contributed by atoms with Gasteiger partial charge in [0.25, 0.3) is 0 Å². The maximum atomic E-state index is 13.3. The quantitative estimate of drug-likeness (QED) is 0.848. The van der Waals surface area contributed by atoms with Gasteiger partial charge in [-0.15, -0.1) is 0 Å². The van der Waals surface area contributed by atoms with E-state index in [1.54, 1.807) is 19.1 Å². The van der Waals surface area contributed by atoms with E-state index >= 15 is 0 Å². The molecule has 0 N–H and O–H groups in total. The van der Waals surface area contributed by atoms with E-state index in [9.17, 15) is 9.18 Å². The van der Waals surface area contributed by atoms with Crippen LogP contribution in [-0.2, 0) is 11.3 Å². The van der Waals surface area contributed by atoms with Crippen molar-refractivity contribution in [3.05, 3.63) is 47.4 Å². The van der Waals surface area contributed by atoms with E-state index in [1.165, 1.54) is 6.07 Å². The minimum Gasteiger partial charge on any atom is -0.340 e. The second-order valence-electron chi connectivity index (χ2n) is 6.83. The molecule has 1 aliphatic heterocycles. The normalized spacial score (nSPS) is 23.7. The molecular weight excluding hydrogens is 323 g/mol. The third kappa shape index (κ3) is 3.56. The highest BCUT2D eigenvalue weighted by Crippen LogP contribution is 2.48. The Bertz CT molecular complexity index is 770. The van der Waals surface area contributed by atoms with Crippen molar-refractivity contribution in [2.75, 3.05) is 26.2 Å². The molecule has 1 aromatic carbocycles. The molecule has 0 spiro atoms. The van der Waals surface area contributed by atoms with Crippen LogP contribution in [0.5, 0.6) is 0 Å². The molecule has 0 radical (unpaired) electrons. The number of amides is 1. The van der Waals surface area contributed by atoms with Crippen molar-refractivity contribution in [2.24, 2.45) is 5.92 Å². The summed E-state index contributed by atoms with van der Waals surface area (Å²) in [6.07, 6.45) is 0.824.